The van der Waals surface area contributed by atoms with Crippen LogP contribution >= 0.6 is 0 Å². The summed E-state index contributed by atoms with van der Waals surface area (Å²) in [6.07, 6.45) is 1.79. The van der Waals surface area contributed by atoms with Gasteiger partial charge >= 0.3 is 0 Å². The number of hydrogen-bond acceptors (Lipinski definition) is 4. The molecule has 162 valence electrons. The second-order valence-electron chi connectivity index (χ2n) is 7.74. The fraction of sp³-hybridized carbons (Fsp3) is 0.192. The zero-order valence-corrected chi connectivity index (χ0v) is 17.7. The molecular weight excluding hydrogens is 402 g/mol. The molecule has 3 aromatic rings. The van der Waals surface area contributed by atoms with Crippen LogP contribution in [-0.2, 0) is 22.7 Å². The number of likely N-dealkylation sites (tertiary alicyclic amines) is 1. The first-order chi connectivity index (χ1) is 15.7. The van der Waals surface area contributed by atoms with E-state index in [0.29, 0.717) is 19.7 Å². The molecular formula is C26H25N3O3. The van der Waals surface area contributed by atoms with Crippen LogP contribution in [0.3, 0.4) is 0 Å². The van der Waals surface area contributed by atoms with E-state index < -0.39 is 5.92 Å². The topological polar surface area (TPSA) is 71.0 Å². The Morgan fingerprint density at radius 1 is 0.969 bits per heavy atom. The highest BCUT2D eigenvalue weighted by atomic mass is 16.5. The van der Waals surface area contributed by atoms with Crippen LogP contribution in [0.15, 0.2) is 90.0 Å². The Morgan fingerprint density at radius 3 is 2.31 bits per heavy atom. The third-order valence-corrected chi connectivity index (χ3v) is 5.32. The summed E-state index contributed by atoms with van der Waals surface area (Å²) in [5.41, 5.74) is 5.56. The monoisotopic (exact) mass is 427 g/mol. The van der Waals surface area contributed by atoms with Gasteiger partial charge in [-0.25, -0.2) is 5.43 Å². The molecule has 1 heterocycles. The average Bonchev–Trinajstić information content (AvgIpc) is 3.20. The Balaban J connectivity index is 1.24. The van der Waals surface area contributed by atoms with Gasteiger partial charge in [0.1, 0.15) is 12.4 Å². The van der Waals surface area contributed by atoms with Crippen molar-refractivity contribution in [1.82, 2.24) is 10.3 Å². The minimum atomic E-state index is -0.392. The molecule has 4 rings (SSSR count). The van der Waals surface area contributed by atoms with Crippen molar-refractivity contribution in [2.24, 2.45) is 11.0 Å². The van der Waals surface area contributed by atoms with E-state index in [0.717, 1.165) is 22.4 Å². The summed E-state index contributed by atoms with van der Waals surface area (Å²) >= 11 is 0. The molecule has 1 fully saturated rings. The average molecular weight is 428 g/mol. The molecule has 1 saturated heterocycles. The summed E-state index contributed by atoms with van der Waals surface area (Å²) in [7, 11) is 0. The second kappa shape index (κ2) is 10.4. The summed E-state index contributed by atoms with van der Waals surface area (Å²) in [5.74, 6) is 0.118. The fourth-order valence-electron chi connectivity index (χ4n) is 3.56. The van der Waals surface area contributed by atoms with Crippen LogP contribution in [0.1, 0.15) is 23.1 Å². The van der Waals surface area contributed by atoms with Gasteiger partial charge in [0, 0.05) is 19.5 Å². The Kier molecular flexibility index (Phi) is 6.92. The highest BCUT2D eigenvalue weighted by Crippen LogP contribution is 2.20. The van der Waals surface area contributed by atoms with Gasteiger partial charge in [-0.05, 0) is 41.0 Å². The number of hydrazone groups is 1. The van der Waals surface area contributed by atoms with Crippen molar-refractivity contribution >= 4 is 18.0 Å². The maximum Gasteiger partial charge on any atom is 0.245 e. The van der Waals surface area contributed by atoms with Crippen molar-refractivity contribution < 1.29 is 14.3 Å². The molecule has 2 amide bonds. The smallest absolute Gasteiger partial charge is 0.245 e. The van der Waals surface area contributed by atoms with E-state index >= 15 is 0 Å². The van der Waals surface area contributed by atoms with E-state index in [2.05, 4.69) is 10.5 Å². The zero-order chi connectivity index (χ0) is 22.2. The molecule has 0 aromatic heterocycles. The number of nitrogens with one attached hydrogen (secondary N) is 1. The van der Waals surface area contributed by atoms with Gasteiger partial charge < -0.3 is 9.64 Å². The first kappa shape index (κ1) is 21.3. The molecule has 32 heavy (non-hydrogen) atoms. The standard InChI is InChI=1S/C26H25N3O3/c30-25-15-23(18-29(25)17-21-7-3-1-4-8-21)26(31)28-27-16-20-11-13-24(14-12-20)32-19-22-9-5-2-6-10-22/h1-14,16,23H,15,17-19H2,(H,28,31)/b27-16+. The van der Waals surface area contributed by atoms with Gasteiger partial charge in [-0.1, -0.05) is 60.7 Å². The molecule has 1 unspecified atom stereocenters. The normalized spacial score (nSPS) is 15.8. The van der Waals surface area contributed by atoms with Crippen LogP contribution < -0.4 is 10.2 Å². The lowest BCUT2D eigenvalue weighted by molar-refractivity contribution is -0.129. The predicted octanol–water partition coefficient (Wildman–Crippen LogP) is 3.76. The van der Waals surface area contributed by atoms with Crippen molar-refractivity contribution in [2.75, 3.05) is 6.54 Å². The number of rotatable bonds is 8. The first-order valence-electron chi connectivity index (χ1n) is 10.6. The number of carbonyl (C=O) groups is 2. The van der Waals surface area contributed by atoms with Gasteiger partial charge in [0.25, 0.3) is 0 Å². The molecule has 6 heteroatoms. The predicted molar refractivity (Wildman–Crippen MR) is 123 cm³/mol. The van der Waals surface area contributed by atoms with Gasteiger partial charge in [0.05, 0.1) is 12.1 Å². The lowest BCUT2D eigenvalue weighted by Crippen LogP contribution is -2.30. The molecule has 0 saturated carbocycles. The molecule has 0 bridgehead atoms. The first-order valence-corrected chi connectivity index (χ1v) is 10.6. The van der Waals surface area contributed by atoms with Crippen molar-refractivity contribution in [3.63, 3.8) is 0 Å². The molecule has 0 spiro atoms. The molecule has 1 aliphatic rings. The largest absolute Gasteiger partial charge is 0.489 e. The van der Waals surface area contributed by atoms with Gasteiger partial charge in [0.2, 0.25) is 11.8 Å². The summed E-state index contributed by atoms with van der Waals surface area (Å²) in [6, 6.07) is 27.2. The Morgan fingerprint density at radius 2 is 1.62 bits per heavy atom. The van der Waals surface area contributed by atoms with E-state index in [1.54, 1.807) is 11.1 Å². The van der Waals surface area contributed by atoms with Gasteiger partial charge in [0.15, 0.2) is 0 Å². The van der Waals surface area contributed by atoms with E-state index in [1.165, 1.54) is 0 Å². The summed E-state index contributed by atoms with van der Waals surface area (Å²) in [5, 5.41) is 4.05. The second-order valence-corrected chi connectivity index (χ2v) is 7.74. The highest BCUT2D eigenvalue weighted by molar-refractivity contribution is 5.90. The Bertz CT molecular complexity index is 1070. The fourth-order valence-corrected chi connectivity index (χ4v) is 3.56. The van der Waals surface area contributed by atoms with Crippen molar-refractivity contribution in [2.45, 2.75) is 19.6 Å². The number of carbonyl (C=O) groups excluding carboxylic acids is 2. The summed E-state index contributed by atoms with van der Waals surface area (Å²) in [6.45, 7) is 1.43. The third-order valence-electron chi connectivity index (χ3n) is 5.32. The minimum absolute atomic E-state index is 0.0101. The van der Waals surface area contributed by atoms with E-state index in [9.17, 15) is 9.59 Å². The van der Waals surface area contributed by atoms with Crippen LogP contribution in [-0.4, -0.2) is 29.5 Å². The molecule has 1 N–H and O–H groups in total. The minimum Gasteiger partial charge on any atom is -0.489 e. The van der Waals surface area contributed by atoms with Crippen LogP contribution in [0.4, 0.5) is 0 Å². The van der Waals surface area contributed by atoms with Crippen molar-refractivity contribution in [3.8, 4) is 5.75 Å². The van der Waals surface area contributed by atoms with Crippen LogP contribution in [0.25, 0.3) is 0 Å². The third kappa shape index (κ3) is 5.82. The quantitative estimate of drug-likeness (QED) is 0.440. The van der Waals surface area contributed by atoms with E-state index in [4.69, 9.17) is 4.74 Å². The molecule has 1 atom stereocenters. The molecule has 1 aliphatic heterocycles. The van der Waals surface area contributed by atoms with E-state index in [-0.39, 0.29) is 18.2 Å². The summed E-state index contributed by atoms with van der Waals surface area (Å²) in [4.78, 5) is 26.4. The van der Waals surface area contributed by atoms with Crippen LogP contribution in [0, 0.1) is 5.92 Å². The van der Waals surface area contributed by atoms with Gasteiger partial charge in [-0.2, -0.15) is 5.10 Å². The lowest BCUT2D eigenvalue weighted by atomic mass is 10.1. The summed E-state index contributed by atoms with van der Waals surface area (Å²) < 4.78 is 5.77. The van der Waals surface area contributed by atoms with Crippen LogP contribution in [0.5, 0.6) is 5.75 Å². The Labute approximate surface area is 187 Å². The number of benzene rings is 3. The van der Waals surface area contributed by atoms with Gasteiger partial charge in [-0.3, -0.25) is 9.59 Å². The number of ether oxygens (including phenoxy) is 1. The molecule has 6 nitrogen and oxygen atoms in total. The number of hydrogen-bond donors (Lipinski definition) is 1. The molecule has 0 aliphatic carbocycles. The van der Waals surface area contributed by atoms with Gasteiger partial charge in [-0.15, -0.1) is 0 Å². The lowest BCUT2D eigenvalue weighted by Gasteiger charge is -2.16. The van der Waals surface area contributed by atoms with Crippen molar-refractivity contribution in [1.29, 1.82) is 0 Å². The molecule has 3 aromatic carbocycles. The highest BCUT2D eigenvalue weighted by Gasteiger charge is 2.34. The van der Waals surface area contributed by atoms with E-state index in [1.807, 2.05) is 84.9 Å². The van der Waals surface area contributed by atoms with Crippen molar-refractivity contribution in [3.05, 3.63) is 102 Å². The van der Waals surface area contributed by atoms with Crippen LogP contribution in [0.2, 0.25) is 0 Å². The molecule has 0 radical (unpaired) electrons. The number of nitrogens with zero attached hydrogens (tertiary/aromatic N) is 2. The maximum absolute atomic E-state index is 12.4. The number of amides is 2. The Hall–Kier alpha value is -3.93. The SMILES string of the molecule is O=C(N/N=C/c1ccc(OCc2ccccc2)cc1)C1CC(=O)N(Cc2ccccc2)C1. The maximum atomic E-state index is 12.4. The zero-order valence-electron chi connectivity index (χ0n) is 17.7.